The maximum absolute atomic E-state index is 11.2. The van der Waals surface area contributed by atoms with Gasteiger partial charge in [0, 0.05) is 11.6 Å². The minimum atomic E-state index is -0.845. The lowest BCUT2D eigenvalue weighted by molar-refractivity contribution is -0.142. The van der Waals surface area contributed by atoms with E-state index in [9.17, 15) is 4.79 Å². The first-order valence-corrected chi connectivity index (χ1v) is 5.26. The number of carbonyl (C=O) groups is 1. The van der Waals surface area contributed by atoms with E-state index in [1.54, 1.807) is 6.20 Å². The molecule has 0 aliphatic carbocycles. The number of carboxylic acids is 1. The Kier molecular flexibility index (Phi) is 2.64. The van der Waals surface area contributed by atoms with E-state index in [0.717, 1.165) is 10.9 Å². The molecule has 84 valence electrons. The van der Waals surface area contributed by atoms with E-state index in [0.29, 0.717) is 0 Å². The van der Waals surface area contributed by atoms with Gasteiger partial charge in [-0.3, -0.25) is 4.68 Å². The van der Waals surface area contributed by atoms with E-state index in [2.05, 4.69) is 5.10 Å². The molecule has 1 aromatic heterocycles. The molecule has 0 amide bonds. The van der Waals surface area contributed by atoms with Crippen molar-refractivity contribution in [3.63, 3.8) is 0 Å². The van der Waals surface area contributed by atoms with Crippen molar-refractivity contribution in [1.29, 1.82) is 0 Å². The van der Waals surface area contributed by atoms with Crippen LogP contribution < -0.4 is 0 Å². The predicted molar refractivity (Wildman–Crippen MR) is 61.2 cm³/mol. The number of fused-ring (bicyclic) bond motifs is 1. The molecule has 0 radical (unpaired) electrons. The molecule has 0 aliphatic heterocycles. The van der Waals surface area contributed by atoms with Gasteiger partial charge < -0.3 is 5.11 Å². The molecule has 1 N–H and O–H groups in total. The summed E-state index contributed by atoms with van der Waals surface area (Å²) in [5.41, 5.74) is 0.828. The maximum atomic E-state index is 11.2. The third kappa shape index (κ3) is 1.78. The SMILES string of the molecule is CC(C)[C@@H](C(=O)O)n1cc2ccccc2n1. The summed E-state index contributed by atoms with van der Waals surface area (Å²) < 4.78 is 1.54. The first-order chi connectivity index (χ1) is 7.59. The van der Waals surface area contributed by atoms with Gasteiger partial charge in [0.2, 0.25) is 0 Å². The number of aliphatic carboxylic acids is 1. The summed E-state index contributed by atoms with van der Waals surface area (Å²) in [4.78, 5) is 11.2. The molecule has 16 heavy (non-hydrogen) atoms. The second-order valence-corrected chi connectivity index (χ2v) is 4.20. The fraction of sp³-hybridized carbons (Fsp3) is 0.333. The van der Waals surface area contributed by atoms with Crippen LogP contribution >= 0.6 is 0 Å². The summed E-state index contributed by atoms with van der Waals surface area (Å²) >= 11 is 0. The minimum Gasteiger partial charge on any atom is -0.480 e. The molecule has 0 aliphatic rings. The Bertz CT molecular complexity index is 483. The van der Waals surface area contributed by atoms with Crippen LogP contribution in [-0.2, 0) is 4.79 Å². The standard InChI is InChI=1S/C12H14N2O2/c1-8(2)11(12(15)16)14-7-9-5-3-4-6-10(9)13-14/h3-8,11H,1-2H3,(H,15,16)/t11-/m0/s1. The summed E-state index contributed by atoms with van der Waals surface area (Å²) in [6, 6.07) is 7.01. The highest BCUT2D eigenvalue weighted by atomic mass is 16.4. The highest BCUT2D eigenvalue weighted by Gasteiger charge is 2.24. The van der Waals surface area contributed by atoms with Crippen LogP contribution in [0, 0.1) is 5.92 Å². The summed E-state index contributed by atoms with van der Waals surface area (Å²) in [5, 5.41) is 14.4. The van der Waals surface area contributed by atoms with Crippen LogP contribution in [-0.4, -0.2) is 20.9 Å². The Hall–Kier alpha value is -1.84. The third-order valence-electron chi connectivity index (χ3n) is 2.60. The van der Waals surface area contributed by atoms with Crippen LogP contribution in [0.4, 0.5) is 0 Å². The molecular weight excluding hydrogens is 204 g/mol. The quantitative estimate of drug-likeness (QED) is 0.860. The molecule has 0 unspecified atom stereocenters. The van der Waals surface area contributed by atoms with E-state index in [4.69, 9.17) is 5.11 Å². The van der Waals surface area contributed by atoms with Crippen molar-refractivity contribution < 1.29 is 9.90 Å². The molecular formula is C12H14N2O2. The van der Waals surface area contributed by atoms with E-state index in [1.807, 2.05) is 38.1 Å². The van der Waals surface area contributed by atoms with Crippen molar-refractivity contribution in [2.75, 3.05) is 0 Å². The zero-order valence-corrected chi connectivity index (χ0v) is 9.29. The number of aromatic nitrogens is 2. The molecule has 1 aromatic carbocycles. The molecule has 1 atom stereocenters. The summed E-state index contributed by atoms with van der Waals surface area (Å²) in [5.74, 6) is -0.838. The van der Waals surface area contributed by atoms with E-state index >= 15 is 0 Å². The largest absolute Gasteiger partial charge is 0.480 e. The minimum absolute atomic E-state index is 0.00631. The van der Waals surface area contributed by atoms with Crippen LogP contribution in [0.5, 0.6) is 0 Å². The van der Waals surface area contributed by atoms with Crippen molar-refractivity contribution in [2.24, 2.45) is 5.92 Å². The van der Waals surface area contributed by atoms with Gasteiger partial charge in [-0.15, -0.1) is 0 Å². The summed E-state index contributed by atoms with van der Waals surface area (Å²) in [7, 11) is 0. The second-order valence-electron chi connectivity index (χ2n) is 4.20. The molecule has 0 saturated heterocycles. The lowest BCUT2D eigenvalue weighted by Crippen LogP contribution is -2.24. The molecule has 0 spiro atoms. The normalized spacial score (nSPS) is 13.2. The first kappa shape index (κ1) is 10.7. The zero-order valence-electron chi connectivity index (χ0n) is 9.29. The Labute approximate surface area is 93.5 Å². The van der Waals surface area contributed by atoms with Crippen molar-refractivity contribution in [3.8, 4) is 0 Å². The smallest absolute Gasteiger partial charge is 0.328 e. The maximum Gasteiger partial charge on any atom is 0.328 e. The molecule has 0 saturated carbocycles. The summed E-state index contributed by atoms with van der Waals surface area (Å²) in [6.07, 6.45) is 1.79. The number of benzene rings is 1. The van der Waals surface area contributed by atoms with Gasteiger partial charge in [0.1, 0.15) is 0 Å². The number of hydrogen-bond donors (Lipinski definition) is 1. The van der Waals surface area contributed by atoms with Gasteiger partial charge in [-0.2, -0.15) is 5.10 Å². The van der Waals surface area contributed by atoms with Gasteiger partial charge in [0.25, 0.3) is 0 Å². The van der Waals surface area contributed by atoms with Crippen LogP contribution in [0.25, 0.3) is 10.9 Å². The Morgan fingerprint density at radius 2 is 2.06 bits per heavy atom. The van der Waals surface area contributed by atoms with Gasteiger partial charge in [-0.1, -0.05) is 32.0 Å². The molecule has 0 fully saturated rings. The van der Waals surface area contributed by atoms with Crippen LogP contribution in [0.15, 0.2) is 30.5 Å². The van der Waals surface area contributed by atoms with Gasteiger partial charge in [-0.05, 0) is 12.0 Å². The number of carboxylic acid groups (broad SMARTS) is 1. The topological polar surface area (TPSA) is 55.1 Å². The molecule has 0 bridgehead atoms. The van der Waals surface area contributed by atoms with Crippen molar-refractivity contribution in [2.45, 2.75) is 19.9 Å². The summed E-state index contributed by atoms with van der Waals surface area (Å²) in [6.45, 7) is 3.76. The molecule has 4 heteroatoms. The molecule has 2 aromatic rings. The van der Waals surface area contributed by atoms with Crippen LogP contribution in [0.3, 0.4) is 0 Å². The lowest BCUT2D eigenvalue weighted by Gasteiger charge is -2.16. The first-order valence-electron chi connectivity index (χ1n) is 5.26. The van der Waals surface area contributed by atoms with Crippen molar-refractivity contribution in [3.05, 3.63) is 30.5 Å². The number of rotatable bonds is 3. The highest BCUT2D eigenvalue weighted by molar-refractivity contribution is 5.79. The number of nitrogens with zero attached hydrogens (tertiary/aromatic N) is 2. The fourth-order valence-electron chi connectivity index (χ4n) is 1.83. The van der Waals surface area contributed by atoms with Crippen molar-refractivity contribution >= 4 is 16.9 Å². The molecule has 2 rings (SSSR count). The van der Waals surface area contributed by atoms with E-state index in [1.165, 1.54) is 4.68 Å². The van der Waals surface area contributed by atoms with E-state index < -0.39 is 12.0 Å². The Morgan fingerprint density at radius 1 is 1.38 bits per heavy atom. The Morgan fingerprint density at radius 3 is 2.62 bits per heavy atom. The lowest BCUT2D eigenvalue weighted by atomic mass is 10.1. The Balaban J connectivity index is 2.49. The average molecular weight is 218 g/mol. The second kappa shape index (κ2) is 3.96. The molecule has 1 heterocycles. The molecule has 4 nitrogen and oxygen atoms in total. The highest BCUT2D eigenvalue weighted by Crippen LogP contribution is 2.20. The van der Waals surface area contributed by atoms with Gasteiger partial charge >= 0.3 is 5.97 Å². The van der Waals surface area contributed by atoms with Crippen LogP contribution in [0.1, 0.15) is 19.9 Å². The monoisotopic (exact) mass is 218 g/mol. The predicted octanol–water partition coefficient (Wildman–Crippen LogP) is 2.32. The van der Waals surface area contributed by atoms with E-state index in [-0.39, 0.29) is 5.92 Å². The zero-order chi connectivity index (χ0) is 11.7. The average Bonchev–Trinajstić information content (AvgIpc) is 2.58. The number of hydrogen-bond acceptors (Lipinski definition) is 2. The van der Waals surface area contributed by atoms with Crippen molar-refractivity contribution in [1.82, 2.24) is 9.78 Å². The fourth-order valence-corrected chi connectivity index (χ4v) is 1.83. The van der Waals surface area contributed by atoms with Gasteiger partial charge in [-0.25, -0.2) is 4.79 Å². The third-order valence-corrected chi connectivity index (χ3v) is 2.60. The van der Waals surface area contributed by atoms with Gasteiger partial charge in [0.05, 0.1) is 5.52 Å². The van der Waals surface area contributed by atoms with Gasteiger partial charge in [0.15, 0.2) is 6.04 Å². The van der Waals surface area contributed by atoms with Crippen LogP contribution in [0.2, 0.25) is 0 Å².